The SMILES string of the molecule is O=C(CN1CCC(C(=O)c2cc(F)ccc2F)CC1)Nc1ccc([N+](=O)[O-])cc1Br. The van der Waals surface area contributed by atoms with E-state index in [-0.39, 0.29) is 23.7 Å². The molecule has 2 aromatic carbocycles. The maximum atomic E-state index is 13.8. The molecule has 2 aromatic rings. The van der Waals surface area contributed by atoms with Gasteiger partial charge in [0.1, 0.15) is 11.6 Å². The number of rotatable bonds is 6. The highest BCUT2D eigenvalue weighted by molar-refractivity contribution is 9.10. The lowest BCUT2D eigenvalue weighted by atomic mass is 9.88. The monoisotopic (exact) mass is 481 g/mol. The van der Waals surface area contributed by atoms with Crippen LogP contribution in [0.4, 0.5) is 20.2 Å². The lowest BCUT2D eigenvalue weighted by Crippen LogP contribution is -2.40. The Hall–Kier alpha value is -2.72. The summed E-state index contributed by atoms with van der Waals surface area (Å²) in [5.74, 6) is -2.55. The number of carbonyl (C=O) groups is 2. The summed E-state index contributed by atoms with van der Waals surface area (Å²) in [6.07, 6.45) is 0.868. The van der Waals surface area contributed by atoms with Gasteiger partial charge in [-0.1, -0.05) is 0 Å². The fourth-order valence-electron chi connectivity index (χ4n) is 3.37. The lowest BCUT2D eigenvalue weighted by molar-refractivity contribution is -0.384. The number of likely N-dealkylation sites (tertiary alicyclic amines) is 1. The number of carbonyl (C=O) groups excluding carboxylic acids is 2. The molecule has 1 aliphatic rings. The first-order valence-corrected chi connectivity index (χ1v) is 9.99. The first kappa shape index (κ1) is 22.0. The van der Waals surface area contributed by atoms with Crippen LogP contribution in [0.2, 0.25) is 0 Å². The topological polar surface area (TPSA) is 92.6 Å². The first-order chi connectivity index (χ1) is 14.2. The number of ketones is 1. The summed E-state index contributed by atoms with van der Waals surface area (Å²) in [6.45, 7) is 1.00. The van der Waals surface area contributed by atoms with Crippen molar-refractivity contribution in [3.05, 3.63) is 68.2 Å². The molecule has 158 valence electrons. The molecule has 1 aliphatic heterocycles. The first-order valence-electron chi connectivity index (χ1n) is 9.20. The quantitative estimate of drug-likeness (QED) is 0.379. The number of nitrogens with zero attached hydrogens (tertiary/aromatic N) is 2. The predicted octanol–water partition coefficient (Wildman–Crippen LogP) is 4.17. The van der Waals surface area contributed by atoms with Crippen LogP contribution in [-0.4, -0.2) is 41.1 Å². The number of nitro groups is 1. The molecule has 1 fully saturated rings. The molecule has 1 amide bonds. The largest absolute Gasteiger partial charge is 0.324 e. The molecule has 0 aliphatic carbocycles. The van der Waals surface area contributed by atoms with Gasteiger partial charge in [0, 0.05) is 22.5 Å². The van der Waals surface area contributed by atoms with Crippen molar-refractivity contribution in [1.82, 2.24) is 4.90 Å². The molecule has 0 spiro atoms. The summed E-state index contributed by atoms with van der Waals surface area (Å²) in [5.41, 5.74) is 0.0767. The molecular formula is C20H18BrF2N3O4. The predicted molar refractivity (Wildman–Crippen MR) is 109 cm³/mol. The Morgan fingerprint density at radius 2 is 1.87 bits per heavy atom. The Kier molecular flexibility index (Phi) is 6.88. The van der Waals surface area contributed by atoms with Gasteiger partial charge in [0.05, 0.1) is 22.7 Å². The third-order valence-electron chi connectivity index (χ3n) is 4.96. The van der Waals surface area contributed by atoms with Gasteiger partial charge in [0.25, 0.3) is 5.69 Å². The molecule has 0 bridgehead atoms. The number of piperidine rings is 1. The summed E-state index contributed by atoms with van der Waals surface area (Å²) in [6, 6.07) is 6.87. The van der Waals surface area contributed by atoms with Crippen LogP contribution < -0.4 is 5.32 Å². The summed E-state index contributed by atoms with van der Waals surface area (Å²) < 4.78 is 27.6. The van der Waals surface area contributed by atoms with Crippen LogP contribution in [0.3, 0.4) is 0 Å². The van der Waals surface area contributed by atoms with Crippen LogP contribution in [0.5, 0.6) is 0 Å². The van der Waals surface area contributed by atoms with E-state index in [1.54, 1.807) is 0 Å². The maximum Gasteiger partial charge on any atom is 0.270 e. The van der Waals surface area contributed by atoms with Crippen LogP contribution >= 0.6 is 15.9 Å². The fourth-order valence-corrected chi connectivity index (χ4v) is 3.84. The zero-order chi connectivity index (χ0) is 21.8. The van der Waals surface area contributed by atoms with Gasteiger partial charge in [0.2, 0.25) is 5.91 Å². The van der Waals surface area contributed by atoms with Gasteiger partial charge in [-0.25, -0.2) is 8.78 Å². The molecule has 0 radical (unpaired) electrons. The average molecular weight is 482 g/mol. The number of halogens is 3. The second-order valence-electron chi connectivity index (χ2n) is 7.01. The highest BCUT2D eigenvalue weighted by atomic mass is 79.9. The summed E-state index contributed by atoms with van der Waals surface area (Å²) in [5, 5.41) is 13.5. The lowest BCUT2D eigenvalue weighted by Gasteiger charge is -2.30. The highest BCUT2D eigenvalue weighted by Gasteiger charge is 2.28. The zero-order valence-electron chi connectivity index (χ0n) is 15.7. The van der Waals surface area contributed by atoms with Crippen LogP contribution in [0.15, 0.2) is 40.9 Å². The number of amides is 1. The standard InChI is InChI=1S/C20H18BrF2N3O4/c21-16-10-14(26(29)30)2-4-18(16)24-19(27)11-25-7-5-12(6-8-25)20(28)15-9-13(22)1-3-17(15)23/h1-4,9-10,12H,5-8,11H2,(H,24,27). The zero-order valence-corrected chi connectivity index (χ0v) is 17.3. The van der Waals surface area contributed by atoms with Gasteiger partial charge < -0.3 is 5.32 Å². The minimum absolute atomic E-state index is 0.0820. The van der Waals surface area contributed by atoms with Crippen LogP contribution in [0.25, 0.3) is 0 Å². The van der Waals surface area contributed by atoms with Crippen molar-refractivity contribution in [3.63, 3.8) is 0 Å². The third-order valence-corrected chi connectivity index (χ3v) is 5.61. The Morgan fingerprint density at radius 1 is 1.17 bits per heavy atom. The summed E-state index contributed by atoms with van der Waals surface area (Å²) >= 11 is 3.20. The van der Waals surface area contributed by atoms with E-state index in [0.717, 1.165) is 18.2 Å². The van der Waals surface area contributed by atoms with Gasteiger partial charge in [-0.2, -0.15) is 0 Å². The second kappa shape index (κ2) is 9.40. The number of benzene rings is 2. The number of nitro benzene ring substituents is 1. The normalized spacial score (nSPS) is 15.0. The molecule has 1 heterocycles. The Bertz CT molecular complexity index is 994. The van der Waals surface area contributed by atoms with Gasteiger partial charge in [0.15, 0.2) is 5.78 Å². The number of nitrogens with one attached hydrogen (secondary N) is 1. The van der Waals surface area contributed by atoms with Gasteiger partial charge >= 0.3 is 0 Å². The van der Waals surface area contributed by atoms with E-state index >= 15 is 0 Å². The molecular weight excluding hydrogens is 464 g/mol. The van der Waals surface area contributed by atoms with Crippen molar-refractivity contribution >= 4 is 39.0 Å². The molecule has 0 atom stereocenters. The van der Waals surface area contributed by atoms with Crippen LogP contribution in [0, 0.1) is 27.7 Å². The van der Waals surface area contributed by atoms with Crippen molar-refractivity contribution in [2.75, 3.05) is 25.0 Å². The molecule has 0 unspecified atom stereocenters. The van der Waals surface area contributed by atoms with E-state index in [9.17, 15) is 28.5 Å². The number of hydrogen-bond acceptors (Lipinski definition) is 5. The maximum absolute atomic E-state index is 13.8. The van der Waals surface area contributed by atoms with Crippen molar-refractivity contribution in [2.24, 2.45) is 5.92 Å². The molecule has 1 saturated heterocycles. The molecule has 0 saturated carbocycles. The van der Waals surface area contributed by atoms with E-state index < -0.39 is 28.3 Å². The smallest absolute Gasteiger partial charge is 0.270 e. The van der Waals surface area contributed by atoms with Gasteiger partial charge in [-0.15, -0.1) is 0 Å². The third kappa shape index (κ3) is 5.25. The van der Waals surface area contributed by atoms with Crippen molar-refractivity contribution in [2.45, 2.75) is 12.8 Å². The Morgan fingerprint density at radius 3 is 2.50 bits per heavy atom. The minimum atomic E-state index is -0.739. The molecule has 1 N–H and O–H groups in total. The van der Waals surface area contributed by atoms with Crippen LogP contribution in [-0.2, 0) is 4.79 Å². The van der Waals surface area contributed by atoms with E-state index in [4.69, 9.17) is 0 Å². The van der Waals surface area contributed by atoms with Crippen molar-refractivity contribution < 1.29 is 23.3 Å². The minimum Gasteiger partial charge on any atom is -0.324 e. The van der Waals surface area contributed by atoms with E-state index in [1.165, 1.54) is 18.2 Å². The number of anilines is 1. The van der Waals surface area contributed by atoms with E-state index in [1.807, 2.05) is 4.90 Å². The van der Waals surface area contributed by atoms with Crippen LogP contribution in [0.1, 0.15) is 23.2 Å². The van der Waals surface area contributed by atoms with Gasteiger partial charge in [-0.3, -0.25) is 24.6 Å². The van der Waals surface area contributed by atoms with E-state index in [0.29, 0.717) is 36.1 Å². The average Bonchev–Trinajstić information content (AvgIpc) is 2.71. The molecule has 7 nitrogen and oxygen atoms in total. The summed E-state index contributed by atoms with van der Waals surface area (Å²) in [4.78, 5) is 36.9. The fraction of sp³-hybridized carbons (Fsp3) is 0.300. The van der Waals surface area contributed by atoms with E-state index in [2.05, 4.69) is 21.2 Å². The Balaban J connectivity index is 1.53. The number of Topliss-reactive ketones (excluding diaryl/α,β-unsaturated/α-hetero) is 1. The molecule has 30 heavy (non-hydrogen) atoms. The van der Waals surface area contributed by atoms with Crippen molar-refractivity contribution in [3.8, 4) is 0 Å². The summed E-state index contributed by atoms with van der Waals surface area (Å²) in [7, 11) is 0. The second-order valence-corrected chi connectivity index (χ2v) is 7.86. The number of hydrogen-bond donors (Lipinski definition) is 1. The van der Waals surface area contributed by atoms with Gasteiger partial charge in [-0.05, 0) is 66.1 Å². The molecule has 3 rings (SSSR count). The number of non-ortho nitro benzene ring substituents is 1. The highest BCUT2D eigenvalue weighted by Crippen LogP contribution is 2.27. The Labute approximate surface area is 179 Å². The molecule has 10 heteroatoms. The molecule has 0 aromatic heterocycles. The van der Waals surface area contributed by atoms with Crippen molar-refractivity contribution in [1.29, 1.82) is 0 Å².